The lowest BCUT2D eigenvalue weighted by atomic mass is 10.1. The highest BCUT2D eigenvalue weighted by Gasteiger charge is 2.01. The summed E-state index contributed by atoms with van der Waals surface area (Å²) in [6.07, 6.45) is 0. The zero-order valence-electron chi connectivity index (χ0n) is 9.00. The lowest BCUT2D eigenvalue weighted by molar-refractivity contribution is 0.415. The van der Waals surface area contributed by atoms with Crippen molar-refractivity contribution in [3.8, 4) is 5.75 Å². The first-order chi connectivity index (χ1) is 6.63. The maximum atomic E-state index is 5.86. The number of ether oxygens (including phenoxy) is 1. The van der Waals surface area contributed by atoms with E-state index in [1.54, 1.807) is 7.11 Å². The number of nitrogens with two attached hydrogens (primary N) is 1. The molecule has 0 aliphatic heterocycles. The topological polar surface area (TPSA) is 47.3 Å². The minimum Gasteiger partial charge on any atom is -0.497 e. The number of benzene rings is 1. The van der Waals surface area contributed by atoms with E-state index in [1.165, 1.54) is 0 Å². The fourth-order valence-corrected chi connectivity index (χ4v) is 1.18. The monoisotopic (exact) mass is 194 g/mol. The second-order valence-corrected chi connectivity index (χ2v) is 3.60. The molecule has 78 valence electrons. The van der Waals surface area contributed by atoms with Crippen LogP contribution in [0.4, 0.5) is 5.69 Å². The number of methoxy groups -OCH3 is 1. The predicted octanol–water partition coefficient (Wildman–Crippen LogP) is 1.78. The molecule has 3 nitrogen and oxygen atoms in total. The highest BCUT2D eigenvalue weighted by molar-refractivity contribution is 5.51. The van der Waals surface area contributed by atoms with Crippen molar-refractivity contribution in [2.24, 2.45) is 0 Å². The van der Waals surface area contributed by atoms with Gasteiger partial charge in [0.05, 0.1) is 7.11 Å². The van der Waals surface area contributed by atoms with Crippen molar-refractivity contribution in [3.05, 3.63) is 23.8 Å². The van der Waals surface area contributed by atoms with E-state index in [-0.39, 0.29) is 0 Å². The molecule has 0 atom stereocenters. The Morgan fingerprint density at radius 2 is 2.14 bits per heavy atom. The highest BCUT2D eigenvalue weighted by Crippen LogP contribution is 2.19. The Morgan fingerprint density at radius 1 is 1.43 bits per heavy atom. The van der Waals surface area contributed by atoms with E-state index >= 15 is 0 Å². The molecule has 0 bridgehead atoms. The summed E-state index contributed by atoms with van der Waals surface area (Å²) in [6.45, 7) is 5.02. The number of anilines is 1. The summed E-state index contributed by atoms with van der Waals surface area (Å²) in [5, 5.41) is 3.32. The van der Waals surface area contributed by atoms with E-state index in [2.05, 4.69) is 19.2 Å². The van der Waals surface area contributed by atoms with E-state index in [1.807, 2.05) is 18.2 Å². The summed E-state index contributed by atoms with van der Waals surface area (Å²) in [4.78, 5) is 0. The van der Waals surface area contributed by atoms with Crippen molar-refractivity contribution >= 4 is 5.69 Å². The number of rotatable bonds is 4. The highest BCUT2D eigenvalue weighted by atomic mass is 16.5. The smallest absolute Gasteiger partial charge is 0.120 e. The average molecular weight is 194 g/mol. The number of hydrogen-bond acceptors (Lipinski definition) is 3. The van der Waals surface area contributed by atoms with Crippen molar-refractivity contribution < 1.29 is 4.74 Å². The number of nitrogen functional groups attached to an aromatic ring is 1. The molecular weight excluding hydrogens is 176 g/mol. The molecule has 0 aromatic heterocycles. The first-order valence-corrected chi connectivity index (χ1v) is 4.79. The minimum absolute atomic E-state index is 0.469. The van der Waals surface area contributed by atoms with Crippen LogP contribution in [-0.2, 0) is 6.54 Å². The van der Waals surface area contributed by atoms with Gasteiger partial charge in [0.15, 0.2) is 0 Å². The van der Waals surface area contributed by atoms with Gasteiger partial charge >= 0.3 is 0 Å². The van der Waals surface area contributed by atoms with Crippen molar-refractivity contribution in [1.82, 2.24) is 5.32 Å². The van der Waals surface area contributed by atoms with Crippen LogP contribution >= 0.6 is 0 Å². The van der Waals surface area contributed by atoms with Gasteiger partial charge in [-0.25, -0.2) is 0 Å². The fraction of sp³-hybridized carbons (Fsp3) is 0.455. The summed E-state index contributed by atoms with van der Waals surface area (Å²) in [6, 6.07) is 6.23. The van der Waals surface area contributed by atoms with Gasteiger partial charge in [-0.3, -0.25) is 0 Å². The van der Waals surface area contributed by atoms with Gasteiger partial charge in [0, 0.05) is 24.3 Å². The van der Waals surface area contributed by atoms with Gasteiger partial charge in [-0.2, -0.15) is 0 Å². The molecule has 0 spiro atoms. The molecule has 1 aromatic carbocycles. The van der Waals surface area contributed by atoms with E-state index in [4.69, 9.17) is 10.5 Å². The zero-order chi connectivity index (χ0) is 10.6. The standard InChI is InChI=1S/C11H18N2O/c1-8(2)13-7-9-4-5-10(14-3)6-11(9)12/h4-6,8,13H,7,12H2,1-3H3. The van der Waals surface area contributed by atoms with Crippen LogP contribution in [0.1, 0.15) is 19.4 Å². The Bertz CT molecular complexity index is 297. The first-order valence-electron chi connectivity index (χ1n) is 4.79. The van der Waals surface area contributed by atoms with Gasteiger partial charge < -0.3 is 15.8 Å². The summed E-state index contributed by atoms with van der Waals surface area (Å²) in [7, 11) is 1.64. The van der Waals surface area contributed by atoms with Gasteiger partial charge in [-0.1, -0.05) is 19.9 Å². The third kappa shape index (κ3) is 2.92. The summed E-state index contributed by atoms with van der Waals surface area (Å²) >= 11 is 0. The first kappa shape index (κ1) is 10.9. The van der Waals surface area contributed by atoms with Crippen molar-refractivity contribution in [2.45, 2.75) is 26.4 Å². The Labute approximate surface area is 85.3 Å². The summed E-state index contributed by atoms with van der Waals surface area (Å²) < 4.78 is 5.08. The molecule has 1 rings (SSSR count). The SMILES string of the molecule is COc1ccc(CNC(C)C)c(N)c1. The third-order valence-corrected chi connectivity index (χ3v) is 2.05. The maximum Gasteiger partial charge on any atom is 0.120 e. The van der Waals surface area contributed by atoms with Crippen LogP contribution in [0.3, 0.4) is 0 Å². The third-order valence-electron chi connectivity index (χ3n) is 2.05. The molecule has 0 saturated heterocycles. The molecule has 3 heteroatoms. The van der Waals surface area contributed by atoms with E-state index in [0.29, 0.717) is 6.04 Å². The van der Waals surface area contributed by atoms with E-state index in [0.717, 1.165) is 23.5 Å². The lowest BCUT2D eigenvalue weighted by Gasteiger charge is -2.11. The van der Waals surface area contributed by atoms with Crippen LogP contribution in [0, 0.1) is 0 Å². The number of nitrogens with one attached hydrogen (secondary N) is 1. The number of hydrogen-bond donors (Lipinski definition) is 2. The Morgan fingerprint density at radius 3 is 2.64 bits per heavy atom. The molecule has 1 aromatic rings. The molecule has 0 radical (unpaired) electrons. The van der Waals surface area contributed by atoms with Gasteiger partial charge in [-0.15, -0.1) is 0 Å². The molecule has 14 heavy (non-hydrogen) atoms. The van der Waals surface area contributed by atoms with Crippen molar-refractivity contribution in [3.63, 3.8) is 0 Å². The normalized spacial score (nSPS) is 10.6. The van der Waals surface area contributed by atoms with Crippen LogP contribution in [0.2, 0.25) is 0 Å². The maximum absolute atomic E-state index is 5.86. The predicted molar refractivity (Wildman–Crippen MR) is 59.4 cm³/mol. The molecule has 0 aliphatic rings. The molecule has 3 N–H and O–H groups in total. The summed E-state index contributed by atoms with van der Waals surface area (Å²) in [5.74, 6) is 0.802. The largest absolute Gasteiger partial charge is 0.497 e. The molecule has 0 heterocycles. The molecule has 0 unspecified atom stereocenters. The zero-order valence-corrected chi connectivity index (χ0v) is 9.00. The summed E-state index contributed by atoms with van der Waals surface area (Å²) in [5.41, 5.74) is 7.75. The average Bonchev–Trinajstić information content (AvgIpc) is 2.15. The minimum atomic E-state index is 0.469. The molecule has 0 saturated carbocycles. The van der Waals surface area contributed by atoms with Gasteiger partial charge in [-0.05, 0) is 11.6 Å². The van der Waals surface area contributed by atoms with Crippen molar-refractivity contribution in [2.75, 3.05) is 12.8 Å². The van der Waals surface area contributed by atoms with Crippen LogP contribution < -0.4 is 15.8 Å². The van der Waals surface area contributed by atoms with Gasteiger partial charge in [0.1, 0.15) is 5.75 Å². The van der Waals surface area contributed by atoms with Crippen molar-refractivity contribution in [1.29, 1.82) is 0 Å². The van der Waals surface area contributed by atoms with Gasteiger partial charge in [0.2, 0.25) is 0 Å². The molecule has 0 fully saturated rings. The Kier molecular flexibility index (Phi) is 3.77. The Balaban J connectivity index is 2.69. The molecular formula is C11H18N2O. The second-order valence-electron chi connectivity index (χ2n) is 3.60. The van der Waals surface area contributed by atoms with E-state index < -0.39 is 0 Å². The van der Waals surface area contributed by atoms with Crippen LogP contribution in [0.5, 0.6) is 5.75 Å². The lowest BCUT2D eigenvalue weighted by Crippen LogP contribution is -2.22. The molecule has 0 amide bonds. The fourth-order valence-electron chi connectivity index (χ4n) is 1.18. The quantitative estimate of drug-likeness (QED) is 0.718. The van der Waals surface area contributed by atoms with E-state index in [9.17, 15) is 0 Å². The Hall–Kier alpha value is -1.22. The molecule has 0 aliphatic carbocycles. The van der Waals surface area contributed by atoms with Crippen LogP contribution in [-0.4, -0.2) is 13.2 Å². The van der Waals surface area contributed by atoms with Crippen LogP contribution in [0.15, 0.2) is 18.2 Å². The second kappa shape index (κ2) is 4.86. The van der Waals surface area contributed by atoms with Crippen LogP contribution in [0.25, 0.3) is 0 Å². The van der Waals surface area contributed by atoms with Gasteiger partial charge in [0.25, 0.3) is 0 Å².